The van der Waals surface area contributed by atoms with Crippen LogP contribution in [0.2, 0.25) is 0 Å². The van der Waals surface area contributed by atoms with Gasteiger partial charge in [0.25, 0.3) is 0 Å². The van der Waals surface area contributed by atoms with Crippen molar-refractivity contribution >= 4 is 32.9 Å². The van der Waals surface area contributed by atoms with Gasteiger partial charge in [-0.05, 0) is 82.2 Å². The predicted molar refractivity (Wildman–Crippen MR) is 168 cm³/mol. The zero-order valence-electron chi connectivity index (χ0n) is 22.3. The molecule has 0 unspecified atom stereocenters. The number of nitrogen functional groups attached to an aromatic ring is 2. The summed E-state index contributed by atoms with van der Waals surface area (Å²) in [6, 6.07) is 28.3. The van der Waals surface area contributed by atoms with Crippen LogP contribution in [-0.2, 0) is 0 Å². The first-order chi connectivity index (χ1) is 20.4. The van der Waals surface area contributed by atoms with Gasteiger partial charge in [0.1, 0.15) is 34.5 Å². The summed E-state index contributed by atoms with van der Waals surface area (Å²) in [5.74, 6) is 7.31. The van der Waals surface area contributed by atoms with E-state index in [1.165, 1.54) is 12.1 Å². The first-order valence-corrected chi connectivity index (χ1v) is 13.0. The van der Waals surface area contributed by atoms with Crippen LogP contribution in [0.5, 0.6) is 34.5 Å². The van der Waals surface area contributed by atoms with Gasteiger partial charge < -0.3 is 31.2 Å². The van der Waals surface area contributed by atoms with Gasteiger partial charge in [-0.25, -0.2) is 0 Å². The molecule has 6 heteroatoms. The number of fused-ring (bicyclic) bond motifs is 2. The van der Waals surface area contributed by atoms with Gasteiger partial charge in [-0.2, -0.15) is 0 Å². The van der Waals surface area contributed by atoms with Crippen molar-refractivity contribution < 1.29 is 19.7 Å². The Labute approximate surface area is 242 Å². The van der Waals surface area contributed by atoms with Crippen molar-refractivity contribution in [1.29, 1.82) is 0 Å². The number of benzene rings is 6. The highest BCUT2D eigenvalue weighted by molar-refractivity contribution is 6.11. The van der Waals surface area contributed by atoms with E-state index in [1.54, 1.807) is 24.3 Å². The average Bonchev–Trinajstić information content (AvgIpc) is 3.00. The molecule has 0 saturated heterocycles. The summed E-state index contributed by atoms with van der Waals surface area (Å²) < 4.78 is 12.9. The van der Waals surface area contributed by atoms with E-state index in [2.05, 4.69) is 11.8 Å². The quantitative estimate of drug-likeness (QED) is 0.0994. The number of ether oxygens (including phenoxy) is 2. The topological polar surface area (TPSA) is 111 Å². The van der Waals surface area contributed by atoms with Gasteiger partial charge in [0.15, 0.2) is 0 Å². The molecule has 6 rings (SSSR count). The first-order valence-electron chi connectivity index (χ1n) is 13.0. The third-order valence-corrected chi connectivity index (χ3v) is 7.06. The van der Waals surface area contributed by atoms with Gasteiger partial charge in [0.05, 0.1) is 11.4 Å². The molecule has 0 fully saturated rings. The molecule has 0 saturated carbocycles. The summed E-state index contributed by atoms with van der Waals surface area (Å²) in [4.78, 5) is 0. The van der Waals surface area contributed by atoms with Crippen LogP contribution in [-0.4, -0.2) is 10.2 Å². The Hall–Kier alpha value is -6.24. The normalized spacial score (nSPS) is 10.7. The van der Waals surface area contributed by atoms with Gasteiger partial charge in [-0.1, -0.05) is 36.1 Å². The molecule has 202 valence electrons. The fourth-order valence-electron chi connectivity index (χ4n) is 5.06. The summed E-state index contributed by atoms with van der Waals surface area (Å²) >= 11 is 0. The molecule has 0 aliphatic carbocycles. The zero-order valence-corrected chi connectivity index (χ0v) is 22.3. The zero-order chi connectivity index (χ0) is 29.4. The van der Waals surface area contributed by atoms with E-state index in [9.17, 15) is 10.2 Å². The molecule has 0 bridgehead atoms. The summed E-state index contributed by atoms with van der Waals surface area (Å²) in [5.41, 5.74) is 15.2. The first kappa shape index (κ1) is 26.0. The Morgan fingerprint density at radius 3 is 1.33 bits per heavy atom. The van der Waals surface area contributed by atoms with Gasteiger partial charge in [-0.3, -0.25) is 0 Å². The van der Waals surface area contributed by atoms with Gasteiger partial charge in [-0.15, -0.1) is 12.8 Å². The molecular weight excluding hydrogens is 524 g/mol. The standard InChI is InChI=1S/C36H24N2O4/c1-3-21-7-5-9-27-25(21)13-17-33(41-23-11-15-31(39)29(37)19-23)35(27)36-28-10-6-8-22(4-2)26(28)14-18-34(36)42-24-12-16-32(40)30(38)20-24/h1-2,5-20,39-40H,37-38H2. The van der Waals surface area contributed by atoms with Crippen LogP contribution in [0.3, 0.4) is 0 Å². The molecule has 6 aromatic carbocycles. The van der Waals surface area contributed by atoms with Crippen molar-refractivity contribution in [3.05, 3.63) is 108 Å². The van der Waals surface area contributed by atoms with Crippen LogP contribution < -0.4 is 20.9 Å². The summed E-state index contributed by atoms with van der Waals surface area (Å²) in [7, 11) is 0. The Morgan fingerprint density at radius 2 is 0.952 bits per heavy atom. The number of rotatable bonds is 5. The molecule has 0 atom stereocenters. The number of hydrogen-bond acceptors (Lipinski definition) is 6. The van der Waals surface area contributed by atoms with Crippen LogP contribution >= 0.6 is 0 Å². The summed E-state index contributed by atoms with van der Waals surface area (Å²) in [6.07, 6.45) is 11.8. The van der Waals surface area contributed by atoms with Crippen LogP contribution in [0.25, 0.3) is 32.7 Å². The lowest BCUT2D eigenvalue weighted by atomic mass is 9.90. The van der Waals surface area contributed by atoms with Crippen molar-refractivity contribution in [2.45, 2.75) is 0 Å². The molecule has 6 nitrogen and oxygen atoms in total. The second-order valence-corrected chi connectivity index (χ2v) is 9.61. The lowest BCUT2D eigenvalue weighted by molar-refractivity contribution is 0.465. The molecule has 0 aromatic heterocycles. The third-order valence-electron chi connectivity index (χ3n) is 7.06. The smallest absolute Gasteiger partial charge is 0.138 e. The molecule has 0 spiro atoms. The Bertz CT molecular complexity index is 1970. The van der Waals surface area contributed by atoms with E-state index in [0.29, 0.717) is 45.3 Å². The number of nitrogens with two attached hydrogens (primary N) is 2. The highest BCUT2D eigenvalue weighted by Gasteiger charge is 2.22. The lowest BCUT2D eigenvalue weighted by Crippen LogP contribution is -1.97. The molecule has 6 aromatic rings. The van der Waals surface area contributed by atoms with Gasteiger partial charge in [0, 0.05) is 34.4 Å². The van der Waals surface area contributed by atoms with E-state index in [0.717, 1.165) is 21.5 Å². The van der Waals surface area contributed by atoms with E-state index in [-0.39, 0.29) is 22.9 Å². The highest BCUT2D eigenvalue weighted by Crippen LogP contribution is 2.48. The molecule has 0 amide bonds. The third kappa shape index (κ3) is 4.50. The SMILES string of the molecule is C#Cc1cccc2c(-c3c(Oc4ccc(O)c(N)c4)ccc4c(C#C)cccc34)c(Oc3ccc(O)c(N)c3)ccc12. The van der Waals surface area contributed by atoms with Crippen molar-refractivity contribution in [2.75, 3.05) is 11.5 Å². The van der Waals surface area contributed by atoms with Crippen molar-refractivity contribution in [2.24, 2.45) is 0 Å². The number of hydrogen-bond donors (Lipinski definition) is 4. The molecule has 0 aliphatic rings. The maximum Gasteiger partial charge on any atom is 0.138 e. The highest BCUT2D eigenvalue weighted by atomic mass is 16.5. The summed E-state index contributed by atoms with van der Waals surface area (Å²) in [6.45, 7) is 0. The molecule has 0 radical (unpaired) electrons. The van der Waals surface area contributed by atoms with Crippen LogP contribution in [0.15, 0.2) is 97.1 Å². The average molecular weight is 549 g/mol. The van der Waals surface area contributed by atoms with Gasteiger partial charge >= 0.3 is 0 Å². The van der Waals surface area contributed by atoms with E-state index in [1.807, 2.05) is 60.7 Å². The monoisotopic (exact) mass is 548 g/mol. The fraction of sp³-hybridized carbons (Fsp3) is 0. The second kappa shape index (κ2) is 10.4. The number of phenols is 2. The van der Waals surface area contributed by atoms with E-state index < -0.39 is 0 Å². The molecular formula is C36H24N2O4. The minimum absolute atomic E-state index is 0.0422. The predicted octanol–water partition coefficient (Wildman–Crippen LogP) is 7.78. The molecule has 42 heavy (non-hydrogen) atoms. The van der Waals surface area contributed by atoms with E-state index >= 15 is 0 Å². The molecule has 0 heterocycles. The van der Waals surface area contributed by atoms with Crippen LogP contribution in [0, 0.1) is 24.7 Å². The van der Waals surface area contributed by atoms with E-state index in [4.69, 9.17) is 33.8 Å². The lowest BCUT2D eigenvalue weighted by Gasteiger charge is -2.20. The number of aromatic hydroxyl groups is 2. The maximum absolute atomic E-state index is 9.97. The second-order valence-electron chi connectivity index (χ2n) is 9.61. The van der Waals surface area contributed by atoms with Crippen LogP contribution in [0.1, 0.15) is 11.1 Å². The minimum Gasteiger partial charge on any atom is -0.506 e. The Morgan fingerprint density at radius 1 is 0.524 bits per heavy atom. The van der Waals surface area contributed by atoms with Crippen molar-refractivity contribution in [3.63, 3.8) is 0 Å². The Kier molecular flexibility index (Phi) is 6.43. The van der Waals surface area contributed by atoms with Crippen molar-refractivity contribution in [1.82, 2.24) is 0 Å². The fourth-order valence-corrected chi connectivity index (χ4v) is 5.06. The van der Waals surface area contributed by atoms with Gasteiger partial charge in [0.2, 0.25) is 0 Å². The molecule has 6 N–H and O–H groups in total. The number of phenolic OH excluding ortho intramolecular Hbond substituents is 2. The maximum atomic E-state index is 9.97. The number of anilines is 2. The van der Waals surface area contributed by atoms with Crippen molar-refractivity contribution in [3.8, 4) is 70.3 Å². The van der Waals surface area contributed by atoms with Crippen LogP contribution in [0.4, 0.5) is 11.4 Å². The Balaban J connectivity index is 1.70. The largest absolute Gasteiger partial charge is 0.506 e. The molecule has 0 aliphatic heterocycles. The summed E-state index contributed by atoms with van der Waals surface area (Å²) in [5, 5.41) is 23.3. The minimum atomic E-state index is -0.0422. The number of terminal acetylenes is 2.